The van der Waals surface area contributed by atoms with Crippen molar-refractivity contribution < 1.29 is 9.90 Å². The van der Waals surface area contributed by atoms with Crippen molar-refractivity contribution in [1.82, 2.24) is 0 Å². The lowest BCUT2D eigenvalue weighted by atomic mass is 10.0. The fraction of sp³-hybridized carbons (Fsp3) is 0.133. The van der Waals surface area contributed by atoms with Crippen molar-refractivity contribution in [2.75, 3.05) is 0 Å². The van der Waals surface area contributed by atoms with Gasteiger partial charge in [0.15, 0.2) is 5.78 Å². The third-order valence-electron chi connectivity index (χ3n) is 2.49. The second kappa shape index (κ2) is 5.30. The van der Waals surface area contributed by atoms with Crippen molar-refractivity contribution in [3.8, 4) is 16.9 Å². The average Bonchev–Trinajstić information content (AvgIpc) is 2.30. The van der Waals surface area contributed by atoms with Crippen LogP contribution in [-0.4, -0.2) is 10.9 Å². The Hall–Kier alpha value is -2.09. The monoisotopic (exact) mass is 228 g/mol. The lowest BCUT2D eigenvalue weighted by Gasteiger charge is -2.02. The van der Waals surface area contributed by atoms with Crippen LogP contribution in [0.4, 0.5) is 0 Å². The van der Waals surface area contributed by atoms with Gasteiger partial charge in [0.2, 0.25) is 0 Å². The smallest absolute Gasteiger partial charge is 0.159 e. The predicted octanol–water partition coefficient (Wildman–Crippen LogP) is 3.90. The van der Waals surface area contributed by atoms with Gasteiger partial charge in [-0.1, -0.05) is 43.8 Å². The molecular weight excluding hydrogens is 212 g/mol. The SMILES string of the molecule is C.CC(=O)c1ccc(-c2ccc(O)cc2)cc1. The molecule has 2 heteroatoms. The van der Waals surface area contributed by atoms with E-state index in [0.717, 1.165) is 11.1 Å². The van der Waals surface area contributed by atoms with Crippen molar-refractivity contribution in [2.45, 2.75) is 14.4 Å². The van der Waals surface area contributed by atoms with Crippen LogP contribution < -0.4 is 0 Å². The van der Waals surface area contributed by atoms with Gasteiger partial charge in [0.25, 0.3) is 0 Å². The minimum atomic E-state index is 0. The molecule has 0 bridgehead atoms. The summed E-state index contributed by atoms with van der Waals surface area (Å²) in [7, 11) is 0. The molecule has 0 unspecified atom stereocenters. The highest BCUT2D eigenvalue weighted by molar-refractivity contribution is 5.94. The quantitative estimate of drug-likeness (QED) is 0.791. The zero-order valence-corrected chi connectivity index (χ0v) is 8.97. The first-order chi connectivity index (χ1) is 7.66. The van der Waals surface area contributed by atoms with Gasteiger partial charge in [-0.3, -0.25) is 4.79 Å². The van der Waals surface area contributed by atoms with Crippen molar-refractivity contribution >= 4 is 5.78 Å². The molecule has 0 atom stereocenters. The number of Topliss-reactive ketones (excluding diaryl/α,β-unsaturated/α-hetero) is 1. The predicted molar refractivity (Wildman–Crippen MR) is 70.3 cm³/mol. The van der Waals surface area contributed by atoms with E-state index in [9.17, 15) is 9.90 Å². The van der Waals surface area contributed by atoms with Gasteiger partial charge in [0, 0.05) is 5.56 Å². The van der Waals surface area contributed by atoms with E-state index in [-0.39, 0.29) is 19.0 Å². The molecule has 2 rings (SSSR count). The second-order valence-corrected chi connectivity index (χ2v) is 3.68. The minimum absolute atomic E-state index is 0. The molecule has 0 radical (unpaired) electrons. The number of phenols is 1. The van der Waals surface area contributed by atoms with E-state index in [2.05, 4.69) is 0 Å². The number of hydrogen-bond donors (Lipinski definition) is 1. The van der Waals surface area contributed by atoms with Gasteiger partial charge in [-0.2, -0.15) is 0 Å². The Kier molecular flexibility index (Phi) is 4.05. The third-order valence-corrected chi connectivity index (χ3v) is 2.49. The summed E-state index contributed by atoms with van der Waals surface area (Å²) in [5, 5.41) is 9.18. The summed E-state index contributed by atoms with van der Waals surface area (Å²) in [6.07, 6.45) is 0. The summed E-state index contributed by atoms with van der Waals surface area (Å²) in [5.41, 5.74) is 2.76. The Labute approximate surface area is 102 Å². The van der Waals surface area contributed by atoms with E-state index >= 15 is 0 Å². The fourth-order valence-corrected chi connectivity index (χ4v) is 1.55. The normalized spacial score (nSPS) is 9.47. The molecule has 88 valence electrons. The average molecular weight is 228 g/mol. The molecule has 0 aromatic heterocycles. The van der Waals surface area contributed by atoms with Crippen molar-refractivity contribution in [1.29, 1.82) is 0 Å². The number of ketones is 1. The number of phenolic OH excluding ortho intramolecular Hbond substituents is 1. The van der Waals surface area contributed by atoms with Crippen molar-refractivity contribution in [2.24, 2.45) is 0 Å². The summed E-state index contributed by atoms with van der Waals surface area (Å²) < 4.78 is 0. The first kappa shape index (κ1) is 13.0. The number of hydrogen-bond acceptors (Lipinski definition) is 2. The Bertz CT molecular complexity index is 495. The molecule has 0 fully saturated rings. The first-order valence-corrected chi connectivity index (χ1v) is 5.07. The number of benzene rings is 2. The summed E-state index contributed by atoms with van der Waals surface area (Å²) in [4.78, 5) is 11.1. The zero-order chi connectivity index (χ0) is 11.5. The van der Waals surface area contributed by atoms with Crippen LogP contribution >= 0.6 is 0 Å². The topological polar surface area (TPSA) is 37.3 Å². The second-order valence-electron chi connectivity index (χ2n) is 3.68. The minimum Gasteiger partial charge on any atom is -0.508 e. The highest BCUT2D eigenvalue weighted by Gasteiger charge is 2.00. The molecule has 0 aliphatic carbocycles. The van der Waals surface area contributed by atoms with Crippen LogP contribution in [0, 0.1) is 0 Å². The Morgan fingerprint density at radius 2 is 1.29 bits per heavy atom. The molecule has 0 spiro atoms. The molecule has 2 aromatic rings. The summed E-state index contributed by atoms with van der Waals surface area (Å²) >= 11 is 0. The van der Waals surface area contributed by atoms with E-state index in [4.69, 9.17) is 0 Å². The number of rotatable bonds is 2. The maximum atomic E-state index is 11.1. The molecule has 2 aromatic carbocycles. The van der Waals surface area contributed by atoms with Crippen LogP contribution in [0.5, 0.6) is 5.75 Å². The van der Waals surface area contributed by atoms with Crippen LogP contribution in [0.2, 0.25) is 0 Å². The highest BCUT2D eigenvalue weighted by atomic mass is 16.3. The van der Waals surface area contributed by atoms with Gasteiger partial charge >= 0.3 is 0 Å². The van der Waals surface area contributed by atoms with Crippen LogP contribution in [0.3, 0.4) is 0 Å². The lowest BCUT2D eigenvalue weighted by molar-refractivity contribution is 0.101. The number of carbonyl (C=O) groups is 1. The zero-order valence-electron chi connectivity index (χ0n) is 8.97. The van der Waals surface area contributed by atoms with Crippen LogP contribution in [0.25, 0.3) is 11.1 Å². The van der Waals surface area contributed by atoms with E-state index in [1.807, 2.05) is 36.4 Å². The molecule has 0 saturated carbocycles. The molecule has 0 saturated heterocycles. The molecule has 1 N–H and O–H groups in total. The van der Waals surface area contributed by atoms with Gasteiger partial charge in [-0.25, -0.2) is 0 Å². The van der Waals surface area contributed by atoms with Crippen LogP contribution in [0.1, 0.15) is 24.7 Å². The maximum absolute atomic E-state index is 11.1. The lowest BCUT2D eigenvalue weighted by Crippen LogP contribution is -1.90. The van der Waals surface area contributed by atoms with Gasteiger partial charge in [-0.05, 0) is 30.2 Å². The van der Waals surface area contributed by atoms with Crippen LogP contribution in [-0.2, 0) is 0 Å². The van der Waals surface area contributed by atoms with Crippen molar-refractivity contribution in [3.63, 3.8) is 0 Å². The number of aromatic hydroxyl groups is 1. The Morgan fingerprint density at radius 3 is 1.71 bits per heavy atom. The van der Waals surface area contributed by atoms with Crippen LogP contribution in [0.15, 0.2) is 48.5 Å². The van der Waals surface area contributed by atoms with Crippen molar-refractivity contribution in [3.05, 3.63) is 54.1 Å². The van der Waals surface area contributed by atoms with Gasteiger partial charge < -0.3 is 5.11 Å². The molecule has 0 heterocycles. The first-order valence-electron chi connectivity index (χ1n) is 5.07. The van der Waals surface area contributed by atoms with Gasteiger partial charge in [0.1, 0.15) is 5.75 Å². The molecule has 2 nitrogen and oxygen atoms in total. The fourth-order valence-electron chi connectivity index (χ4n) is 1.55. The molecular formula is C15H16O2. The molecule has 0 aliphatic heterocycles. The highest BCUT2D eigenvalue weighted by Crippen LogP contribution is 2.22. The molecule has 17 heavy (non-hydrogen) atoms. The van der Waals surface area contributed by atoms with E-state index in [1.165, 1.54) is 0 Å². The Balaban J connectivity index is 0.00000144. The maximum Gasteiger partial charge on any atom is 0.159 e. The molecule has 0 amide bonds. The third kappa shape index (κ3) is 2.94. The van der Waals surface area contributed by atoms with Gasteiger partial charge in [0.05, 0.1) is 0 Å². The van der Waals surface area contributed by atoms with E-state index in [1.54, 1.807) is 19.1 Å². The van der Waals surface area contributed by atoms with E-state index < -0.39 is 0 Å². The summed E-state index contributed by atoms with van der Waals surface area (Å²) in [6.45, 7) is 1.55. The van der Waals surface area contributed by atoms with Gasteiger partial charge in [-0.15, -0.1) is 0 Å². The molecule has 0 aliphatic rings. The number of carbonyl (C=O) groups excluding carboxylic acids is 1. The Morgan fingerprint density at radius 1 is 0.882 bits per heavy atom. The van der Waals surface area contributed by atoms with E-state index in [0.29, 0.717) is 5.56 Å². The standard InChI is InChI=1S/C14H12O2.CH4/c1-10(15)11-2-4-12(5-3-11)13-6-8-14(16)9-7-13;/h2-9,16H,1H3;1H4. The summed E-state index contributed by atoms with van der Waals surface area (Å²) in [5.74, 6) is 0.321. The summed E-state index contributed by atoms with van der Waals surface area (Å²) in [6, 6.07) is 14.4. The largest absolute Gasteiger partial charge is 0.508 e.